The largest absolute Gasteiger partial charge is 0.480 e. The molecule has 1 unspecified atom stereocenters. The fourth-order valence-corrected chi connectivity index (χ4v) is 2.92. The molecule has 0 aliphatic rings. The molecule has 0 saturated carbocycles. The Morgan fingerprint density at radius 1 is 1.15 bits per heavy atom. The first-order valence-corrected chi connectivity index (χ1v) is 8.65. The van der Waals surface area contributed by atoms with Crippen molar-refractivity contribution in [3.05, 3.63) is 35.9 Å². The number of carboxylic acid groups (broad SMARTS) is 1. The van der Waals surface area contributed by atoms with Crippen LogP contribution in [-0.4, -0.2) is 45.1 Å². The van der Waals surface area contributed by atoms with E-state index in [9.17, 15) is 24.0 Å². The predicted octanol–water partition coefficient (Wildman–Crippen LogP) is 0.743. The smallest absolute Gasteiger partial charge is 0.326 e. The molecule has 2 amide bonds. The summed E-state index contributed by atoms with van der Waals surface area (Å²) in [7, 11) is 0. The van der Waals surface area contributed by atoms with Gasteiger partial charge in [0.1, 0.15) is 6.04 Å². The highest BCUT2D eigenvalue weighted by Gasteiger charge is 2.29. The average molecular weight is 380 g/mol. The zero-order valence-electron chi connectivity index (χ0n) is 14.1. The van der Waals surface area contributed by atoms with Crippen LogP contribution >= 0.6 is 11.8 Å². The number of carboxylic acids is 1. The van der Waals surface area contributed by atoms with Crippen molar-refractivity contribution < 1.29 is 29.1 Å². The number of ketones is 1. The molecule has 26 heavy (non-hydrogen) atoms. The maximum absolute atomic E-state index is 12.4. The minimum Gasteiger partial charge on any atom is -0.480 e. The van der Waals surface area contributed by atoms with Crippen LogP contribution in [0.4, 0.5) is 0 Å². The van der Waals surface area contributed by atoms with Gasteiger partial charge in [0, 0.05) is 25.3 Å². The van der Waals surface area contributed by atoms with Crippen molar-refractivity contribution in [3.8, 4) is 0 Å². The van der Waals surface area contributed by atoms with Gasteiger partial charge in [0.15, 0.2) is 10.9 Å². The second kappa shape index (κ2) is 10.3. The van der Waals surface area contributed by atoms with Gasteiger partial charge in [-0.2, -0.15) is 0 Å². The summed E-state index contributed by atoms with van der Waals surface area (Å²) in [6.45, 7) is 1.25. The molecule has 1 rings (SSSR count). The zero-order valence-corrected chi connectivity index (χ0v) is 15.0. The number of nitrogens with one attached hydrogen (secondary N) is 1. The van der Waals surface area contributed by atoms with Crippen LogP contribution in [0.5, 0.6) is 0 Å². The third-order valence-corrected chi connectivity index (χ3v) is 4.36. The third-order valence-electron chi connectivity index (χ3n) is 3.36. The number of thioether (sulfide) groups is 1. The van der Waals surface area contributed by atoms with Gasteiger partial charge in [-0.15, -0.1) is 0 Å². The summed E-state index contributed by atoms with van der Waals surface area (Å²) >= 11 is 0.652. The van der Waals surface area contributed by atoms with E-state index >= 15 is 0 Å². The van der Waals surface area contributed by atoms with E-state index in [2.05, 4.69) is 5.32 Å². The first-order valence-electron chi connectivity index (χ1n) is 7.77. The van der Waals surface area contributed by atoms with Crippen LogP contribution in [0.15, 0.2) is 30.3 Å². The van der Waals surface area contributed by atoms with E-state index in [0.717, 1.165) is 0 Å². The lowest BCUT2D eigenvalue weighted by Gasteiger charge is -2.18. The Bertz CT molecular complexity index is 692. The molecule has 9 heteroatoms. The molecule has 1 aromatic carbocycles. The van der Waals surface area contributed by atoms with Gasteiger partial charge in [0.05, 0.1) is 5.25 Å². The van der Waals surface area contributed by atoms with Gasteiger partial charge >= 0.3 is 5.97 Å². The fraction of sp³-hybridized carbons (Fsp3) is 0.353. The van der Waals surface area contributed by atoms with E-state index in [1.807, 2.05) is 0 Å². The molecular formula is C17H20N2O6S. The summed E-state index contributed by atoms with van der Waals surface area (Å²) < 4.78 is 0. The number of rotatable bonds is 10. The molecule has 0 aliphatic carbocycles. The number of Topliss-reactive ketones (excluding diaryl/α,β-unsaturated/α-hetero) is 1. The number of aliphatic carboxylic acids is 1. The topological polar surface area (TPSA) is 144 Å². The van der Waals surface area contributed by atoms with Gasteiger partial charge in [-0.25, -0.2) is 4.79 Å². The summed E-state index contributed by atoms with van der Waals surface area (Å²) in [6.07, 6.45) is -0.659. The molecule has 0 aromatic heterocycles. The number of amides is 2. The van der Waals surface area contributed by atoms with Gasteiger partial charge in [-0.3, -0.25) is 19.2 Å². The van der Waals surface area contributed by atoms with Crippen LogP contribution < -0.4 is 11.1 Å². The number of hydrogen-bond donors (Lipinski definition) is 3. The van der Waals surface area contributed by atoms with Crippen LogP contribution in [0, 0.1) is 0 Å². The van der Waals surface area contributed by atoms with Crippen LogP contribution in [0.1, 0.15) is 36.5 Å². The number of carbonyl (C=O) groups is 5. The van der Waals surface area contributed by atoms with E-state index in [1.165, 1.54) is 6.92 Å². The quantitative estimate of drug-likeness (QED) is 0.508. The molecule has 140 valence electrons. The van der Waals surface area contributed by atoms with E-state index in [0.29, 0.717) is 17.3 Å². The lowest BCUT2D eigenvalue weighted by atomic mass is 10.1. The number of nitrogens with two attached hydrogens (primary N) is 1. The number of primary amides is 1. The van der Waals surface area contributed by atoms with Crippen molar-refractivity contribution in [1.29, 1.82) is 0 Å². The molecule has 8 nitrogen and oxygen atoms in total. The highest BCUT2D eigenvalue weighted by atomic mass is 32.2. The molecule has 0 heterocycles. The van der Waals surface area contributed by atoms with Crippen LogP contribution in [-0.2, 0) is 19.2 Å². The van der Waals surface area contributed by atoms with Crippen LogP contribution in [0.25, 0.3) is 0 Å². The lowest BCUT2D eigenvalue weighted by molar-refractivity contribution is -0.142. The molecule has 0 fully saturated rings. The standard InChI is InChI=1S/C17H20N2O6S/c1-10(20)26-14(9-13(21)11-5-3-2-4-6-11)16(23)19-12(17(24)25)7-8-15(18)22/h2-6,12,14H,7-9H2,1H3,(H2,18,22)(H,19,23)(H,24,25)/t12-,14?/m0/s1. The molecule has 0 spiro atoms. The van der Waals surface area contributed by atoms with E-state index in [4.69, 9.17) is 10.8 Å². The van der Waals surface area contributed by atoms with Crippen molar-refractivity contribution in [2.24, 2.45) is 5.73 Å². The summed E-state index contributed by atoms with van der Waals surface area (Å²) in [5.41, 5.74) is 5.38. The second-order valence-electron chi connectivity index (χ2n) is 5.50. The van der Waals surface area contributed by atoms with Crippen LogP contribution in [0.2, 0.25) is 0 Å². The minimum atomic E-state index is -1.34. The van der Waals surface area contributed by atoms with Crippen LogP contribution in [0.3, 0.4) is 0 Å². The van der Waals surface area contributed by atoms with Crippen molar-refractivity contribution in [2.75, 3.05) is 0 Å². The summed E-state index contributed by atoms with van der Waals surface area (Å²) in [6, 6.07) is 6.92. The second-order valence-corrected chi connectivity index (χ2v) is 6.88. The Balaban J connectivity index is 2.84. The molecule has 0 bridgehead atoms. The minimum absolute atomic E-state index is 0.180. The monoisotopic (exact) mass is 380 g/mol. The SMILES string of the molecule is CC(=O)SC(CC(=O)c1ccccc1)C(=O)N[C@@H](CCC(N)=O)C(=O)O. The molecule has 2 atom stereocenters. The Hall–Kier alpha value is -2.68. The van der Waals surface area contributed by atoms with E-state index in [-0.39, 0.29) is 30.2 Å². The number of carbonyl (C=O) groups excluding carboxylic acids is 4. The Morgan fingerprint density at radius 2 is 1.77 bits per heavy atom. The molecular weight excluding hydrogens is 360 g/mol. The van der Waals surface area contributed by atoms with Gasteiger partial charge in [0.2, 0.25) is 11.8 Å². The number of benzene rings is 1. The average Bonchev–Trinajstić information content (AvgIpc) is 2.57. The summed E-state index contributed by atoms with van der Waals surface area (Å²) in [4.78, 5) is 58.1. The summed E-state index contributed by atoms with van der Waals surface area (Å²) in [5, 5.41) is 9.96. The van der Waals surface area contributed by atoms with E-state index < -0.39 is 29.1 Å². The first kappa shape index (κ1) is 21.4. The number of hydrogen-bond acceptors (Lipinski definition) is 6. The van der Waals surface area contributed by atoms with Gasteiger partial charge < -0.3 is 16.2 Å². The first-order chi connectivity index (χ1) is 12.2. The highest BCUT2D eigenvalue weighted by molar-refractivity contribution is 8.14. The maximum Gasteiger partial charge on any atom is 0.326 e. The predicted molar refractivity (Wildman–Crippen MR) is 95.4 cm³/mol. The Labute approximate surface area is 154 Å². The highest BCUT2D eigenvalue weighted by Crippen LogP contribution is 2.19. The van der Waals surface area contributed by atoms with Crippen molar-refractivity contribution in [1.82, 2.24) is 5.32 Å². The normalized spacial score (nSPS) is 12.7. The van der Waals surface area contributed by atoms with Gasteiger partial charge in [0.25, 0.3) is 0 Å². The van der Waals surface area contributed by atoms with Crippen molar-refractivity contribution in [2.45, 2.75) is 37.5 Å². The molecule has 0 radical (unpaired) electrons. The van der Waals surface area contributed by atoms with Gasteiger partial charge in [-0.1, -0.05) is 42.1 Å². The molecule has 4 N–H and O–H groups in total. The molecule has 0 saturated heterocycles. The molecule has 0 aliphatic heterocycles. The summed E-state index contributed by atoms with van der Waals surface area (Å²) in [5.74, 6) is -3.13. The zero-order chi connectivity index (χ0) is 19.7. The molecule has 1 aromatic rings. The maximum atomic E-state index is 12.4. The third kappa shape index (κ3) is 7.47. The lowest BCUT2D eigenvalue weighted by Crippen LogP contribution is -2.45. The van der Waals surface area contributed by atoms with E-state index in [1.54, 1.807) is 30.3 Å². The fourth-order valence-electron chi connectivity index (χ4n) is 2.11. The Kier molecular flexibility index (Phi) is 8.50. The van der Waals surface area contributed by atoms with Gasteiger partial charge in [-0.05, 0) is 6.42 Å². The van der Waals surface area contributed by atoms with Crippen molar-refractivity contribution in [3.63, 3.8) is 0 Å². The Morgan fingerprint density at radius 3 is 2.27 bits per heavy atom. The van der Waals surface area contributed by atoms with Crippen molar-refractivity contribution >= 4 is 40.4 Å².